The summed E-state index contributed by atoms with van der Waals surface area (Å²) in [6.45, 7) is 6.54. The Kier molecular flexibility index (Phi) is 39.0. The number of carbonyl (C=O) groups is 3. The van der Waals surface area contributed by atoms with Gasteiger partial charge in [0, 0.05) is 19.3 Å². The van der Waals surface area contributed by atoms with Gasteiger partial charge < -0.3 is 14.2 Å². The van der Waals surface area contributed by atoms with E-state index in [-0.39, 0.29) is 31.1 Å². The highest BCUT2D eigenvalue weighted by atomic mass is 16.6. The van der Waals surface area contributed by atoms with Crippen molar-refractivity contribution < 1.29 is 28.6 Å². The summed E-state index contributed by atoms with van der Waals surface area (Å²) in [6.07, 6.45) is 43.1. The summed E-state index contributed by atoms with van der Waals surface area (Å²) in [7, 11) is 0. The van der Waals surface area contributed by atoms with Crippen LogP contribution in [0.15, 0.2) is 24.3 Å². The van der Waals surface area contributed by atoms with Crippen molar-refractivity contribution in [2.45, 2.75) is 232 Å². The Morgan fingerprint density at radius 1 is 0.373 bits per heavy atom. The zero-order valence-electron chi connectivity index (χ0n) is 33.9. The number of rotatable bonds is 39. The van der Waals surface area contributed by atoms with E-state index < -0.39 is 6.10 Å². The van der Waals surface area contributed by atoms with Gasteiger partial charge in [-0.05, 0) is 64.2 Å². The lowest BCUT2D eigenvalue weighted by Gasteiger charge is -2.18. The van der Waals surface area contributed by atoms with Crippen molar-refractivity contribution in [2.75, 3.05) is 13.2 Å². The van der Waals surface area contributed by atoms with Crippen LogP contribution in [0.2, 0.25) is 0 Å². The van der Waals surface area contributed by atoms with Gasteiger partial charge in [-0.2, -0.15) is 0 Å². The molecule has 0 N–H and O–H groups in total. The molecule has 0 radical (unpaired) electrons. The number of esters is 3. The fourth-order valence-electron chi connectivity index (χ4n) is 6.09. The van der Waals surface area contributed by atoms with Crippen LogP contribution in [0.1, 0.15) is 226 Å². The number of ether oxygens (including phenoxy) is 3. The third-order valence-corrected chi connectivity index (χ3v) is 9.43. The van der Waals surface area contributed by atoms with E-state index in [4.69, 9.17) is 14.2 Å². The van der Waals surface area contributed by atoms with Crippen molar-refractivity contribution in [3.05, 3.63) is 24.3 Å². The molecule has 0 aromatic carbocycles. The van der Waals surface area contributed by atoms with Crippen LogP contribution in [0, 0.1) is 0 Å². The van der Waals surface area contributed by atoms with Gasteiger partial charge in [0.15, 0.2) is 6.10 Å². The second-order valence-corrected chi connectivity index (χ2v) is 14.6. The molecule has 1 atom stereocenters. The van der Waals surface area contributed by atoms with Crippen LogP contribution in [0.3, 0.4) is 0 Å². The van der Waals surface area contributed by atoms with Crippen LogP contribution in [0.4, 0.5) is 0 Å². The van der Waals surface area contributed by atoms with Crippen molar-refractivity contribution in [3.63, 3.8) is 0 Å². The predicted octanol–water partition coefficient (Wildman–Crippen LogP) is 13.6. The number of allylic oxidation sites excluding steroid dienone is 4. The fraction of sp³-hybridized carbons (Fsp3) is 0.844. The van der Waals surface area contributed by atoms with Gasteiger partial charge in [0.2, 0.25) is 0 Å². The second kappa shape index (κ2) is 40.7. The minimum Gasteiger partial charge on any atom is -0.462 e. The van der Waals surface area contributed by atoms with Crippen molar-refractivity contribution in [1.29, 1.82) is 0 Å². The predicted molar refractivity (Wildman–Crippen MR) is 215 cm³/mol. The van der Waals surface area contributed by atoms with Crippen LogP contribution < -0.4 is 0 Å². The van der Waals surface area contributed by atoms with Gasteiger partial charge >= 0.3 is 17.9 Å². The van der Waals surface area contributed by atoms with Crippen molar-refractivity contribution in [2.24, 2.45) is 0 Å². The van der Waals surface area contributed by atoms with Gasteiger partial charge in [0.1, 0.15) is 13.2 Å². The first-order valence-electron chi connectivity index (χ1n) is 21.8. The Morgan fingerprint density at radius 3 is 1.10 bits per heavy atom. The molecular formula is C45H82O6. The molecular weight excluding hydrogens is 636 g/mol. The van der Waals surface area contributed by atoms with E-state index in [2.05, 4.69) is 45.1 Å². The van der Waals surface area contributed by atoms with Gasteiger partial charge in [-0.1, -0.05) is 167 Å². The fourth-order valence-corrected chi connectivity index (χ4v) is 6.09. The van der Waals surface area contributed by atoms with E-state index in [1.807, 2.05) is 0 Å². The third-order valence-electron chi connectivity index (χ3n) is 9.43. The average Bonchev–Trinajstić information content (AvgIpc) is 3.12. The normalized spacial score (nSPS) is 12.1. The molecule has 0 heterocycles. The Balaban J connectivity index is 4.39. The molecule has 298 valence electrons. The molecule has 0 aromatic heterocycles. The third kappa shape index (κ3) is 38.9. The molecule has 0 aliphatic heterocycles. The quantitative estimate of drug-likeness (QED) is 0.0272. The molecule has 0 aliphatic carbocycles. The van der Waals surface area contributed by atoms with Crippen LogP contribution in [0.5, 0.6) is 0 Å². The van der Waals surface area contributed by atoms with Gasteiger partial charge in [0.25, 0.3) is 0 Å². The SMILES string of the molecule is CCCCCC/C=C\CCCC(=O)OCC(COC(=O)CCCCC/C=C\CCCCCCCC)OC(=O)CCCCCCCCCCCCC. The number of hydrogen-bond acceptors (Lipinski definition) is 6. The summed E-state index contributed by atoms with van der Waals surface area (Å²) in [6, 6.07) is 0. The first kappa shape index (κ1) is 48.9. The Morgan fingerprint density at radius 2 is 0.667 bits per heavy atom. The Hall–Kier alpha value is -2.11. The summed E-state index contributed by atoms with van der Waals surface area (Å²) in [5, 5.41) is 0. The Labute approximate surface area is 315 Å². The largest absolute Gasteiger partial charge is 0.462 e. The van der Waals surface area contributed by atoms with Crippen LogP contribution in [-0.2, 0) is 28.6 Å². The topological polar surface area (TPSA) is 78.9 Å². The van der Waals surface area contributed by atoms with E-state index in [0.717, 1.165) is 70.6 Å². The molecule has 6 nitrogen and oxygen atoms in total. The lowest BCUT2D eigenvalue weighted by molar-refractivity contribution is -0.167. The molecule has 0 saturated carbocycles. The van der Waals surface area contributed by atoms with Crippen LogP contribution in [-0.4, -0.2) is 37.2 Å². The van der Waals surface area contributed by atoms with Crippen molar-refractivity contribution in [1.82, 2.24) is 0 Å². The van der Waals surface area contributed by atoms with Crippen molar-refractivity contribution in [3.8, 4) is 0 Å². The lowest BCUT2D eigenvalue weighted by Crippen LogP contribution is -2.30. The van der Waals surface area contributed by atoms with E-state index in [9.17, 15) is 14.4 Å². The lowest BCUT2D eigenvalue weighted by atomic mass is 10.1. The monoisotopic (exact) mass is 719 g/mol. The standard InChI is InChI=1S/C45H82O6/c1-4-7-10-13-16-19-21-22-24-26-29-32-35-38-44(47)50-41-42(40-49-43(46)37-34-31-28-25-18-15-12-9-6-3)51-45(48)39-36-33-30-27-23-20-17-14-11-8-5-2/h22,24-25,28,42H,4-21,23,26-27,29-41H2,1-3H3/b24-22-,28-25-. The molecule has 0 aliphatic rings. The highest BCUT2D eigenvalue weighted by molar-refractivity contribution is 5.71. The molecule has 0 spiro atoms. The first-order chi connectivity index (χ1) is 25.0. The summed E-state index contributed by atoms with van der Waals surface area (Å²) >= 11 is 0. The molecule has 1 unspecified atom stereocenters. The minimum absolute atomic E-state index is 0.0853. The van der Waals surface area contributed by atoms with Gasteiger partial charge in [-0.3, -0.25) is 14.4 Å². The molecule has 0 amide bonds. The highest BCUT2D eigenvalue weighted by Crippen LogP contribution is 2.14. The molecule has 51 heavy (non-hydrogen) atoms. The summed E-state index contributed by atoms with van der Waals surface area (Å²) in [5.74, 6) is -0.936. The molecule has 0 rings (SSSR count). The number of unbranched alkanes of at least 4 members (excludes halogenated alkanes) is 24. The van der Waals surface area contributed by atoms with E-state index in [1.165, 1.54) is 116 Å². The zero-order valence-corrected chi connectivity index (χ0v) is 33.9. The van der Waals surface area contributed by atoms with E-state index >= 15 is 0 Å². The second-order valence-electron chi connectivity index (χ2n) is 14.6. The van der Waals surface area contributed by atoms with Crippen molar-refractivity contribution >= 4 is 17.9 Å². The molecule has 0 bridgehead atoms. The van der Waals surface area contributed by atoms with Crippen LogP contribution >= 0.6 is 0 Å². The minimum atomic E-state index is -0.780. The number of carbonyl (C=O) groups excluding carboxylic acids is 3. The maximum absolute atomic E-state index is 12.7. The van der Waals surface area contributed by atoms with Crippen LogP contribution in [0.25, 0.3) is 0 Å². The average molecular weight is 719 g/mol. The maximum Gasteiger partial charge on any atom is 0.306 e. The maximum atomic E-state index is 12.7. The smallest absolute Gasteiger partial charge is 0.306 e. The van der Waals surface area contributed by atoms with Gasteiger partial charge in [-0.25, -0.2) is 0 Å². The summed E-state index contributed by atoms with van der Waals surface area (Å²) < 4.78 is 16.6. The molecule has 6 heteroatoms. The number of hydrogen-bond donors (Lipinski definition) is 0. The molecule has 0 fully saturated rings. The van der Waals surface area contributed by atoms with Gasteiger partial charge in [-0.15, -0.1) is 0 Å². The first-order valence-corrected chi connectivity index (χ1v) is 21.8. The zero-order chi connectivity index (χ0) is 37.3. The van der Waals surface area contributed by atoms with E-state index in [0.29, 0.717) is 19.3 Å². The van der Waals surface area contributed by atoms with Gasteiger partial charge in [0.05, 0.1) is 0 Å². The molecule has 0 saturated heterocycles. The highest BCUT2D eigenvalue weighted by Gasteiger charge is 2.19. The Bertz CT molecular complexity index is 835. The molecule has 0 aromatic rings. The summed E-state index contributed by atoms with van der Waals surface area (Å²) in [4.78, 5) is 37.5. The van der Waals surface area contributed by atoms with E-state index in [1.54, 1.807) is 0 Å². The summed E-state index contributed by atoms with van der Waals surface area (Å²) in [5.41, 5.74) is 0.